The molecule has 3 N–H and O–H groups in total. The summed E-state index contributed by atoms with van der Waals surface area (Å²) in [7, 11) is 3.75. The van der Waals surface area contributed by atoms with Gasteiger partial charge in [-0.3, -0.25) is 14.3 Å². The van der Waals surface area contributed by atoms with Crippen molar-refractivity contribution in [3.05, 3.63) is 52.3 Å². The van der Waals surface area contributed by atoms with E-state index in [4.69, 9.17) is 0 Å². The number of nitrogens with one attached hydrogen (secondary N) is 3. The smallest absolute Gasteiger partial charge is 0.256 e. The number of likely N-dealkylation sites (tertiary alicyclic amines) is 1. The maximum atomic E-state index is 13.1. The molecule has 0 spiro atoms. The van der Waals surface area contributed by atoms with Crippen LogP contribution in [0.5, 0.6) is 0 Å². The molecule has 1 fully saturated rings. The van der Waals surface area contributed by atoms with E-state index < -0.39 is 0 Å². The molecule has 2 heterocycles. The molecule has 0 radical (unpaired) electrons. The zero-order valence-electron chi connectivity index (χ0n) is 17.7. The Morgan fingerprint density at radius 2 is 1.97 bits per heavy atom. The fourth-order valence-corrected chi connectivity index (χ4v) is 5.20. The van der Waals surface area contributed by atoms with E-state index in [2.05, 4.69) is 15.4 Å². The van der Waals surface area contributed by atoms with E-state index in [1.54, 1.807) is 0 Å². The van der Waals surface area contributed by atoms with Crippen molar-refractivity contribution in [3.63, 3.8) is 0 Å². The lowest BCUT2D eigenvalue weighted by molar-refractivity contribution is -0.125. The number of carbonyl (C=O) groups is 2. The van der Waals surface area contributed by atoms with Crippen molar-refractivity contribution in [3.8, 4) is 0 Å². The monoisotopic (exact) mass is 424 g/mol. The molecular weight excluding hydrogens is 396 g/mol. The fourth-order valence-electron chi connectivity index (χ4n) is 4.65. The first-order valence-corrected chi connectivity index (χ1v) is 11.3. The maximum absolute atomic E-state index is 13.1. The average Bonchev–Trinajstić information content (AvgIpc) is 3.47. The lowest BCUT2D eigenvalue weighted by Crippen LogP contribution is -2.30. The van der Waals surface area contributed by atoms with Crippen LogP contribution >= 0.6 is 11.9 Å². The second-order valence-electron chi connectivity index (χ2n) is 7.63. The topological polar surface area (TPSA) is 73.5 Å². The van der Waals surface area contributed by atoms with Crippen molar-refractivity contribution < 1.29 is 9.59 Å². The van der Waals surface area contributed by atoms with Crippen LogP contribution in [0.4, 0.5) is 5.69 Å². The molecule has 0 saturated carbocycles. The summed E-state index contributed by atoms with van der Waals surface area (Å²) in [5, 5.41) is 6.30. The Labute approximate surface area is 182 Å². The minimum atomic E-state index is -0.0755. The molecule has 1 aliphatic carbocycles. The van der Waals surface area contributed by atoms with Gasteiger partial charge in [-0.15, -0.1) is 0 Å². The molecule has 2 aliphatic heterocycles. The van der Waals surface area contributed by atoms with Gasteiger partial charge in [-0.05, 0) is 80.9 Å². The third-order valence-corrected chi connectivity index (χ3v) is 6.67. The number of allylic oxidation sites excluding steroid dienone is 2. The number of nitrogens with zero attached hydrogens (tertiary/aromatic N) is 1. The van der Waals surface area contributed by atoms with Crippen LogP contribution in [-0.4, -0.2) is 43.9 Å². The molecule has 0 atom stereocenters. The Morgan fingerprint density at radius 1 is 1.20 bits per heavy atom. The molecule has 30 heavy (non-hydrogen) atoms. The third-order valence-electron chi connectivity index (χ3n) is 5.97. The van der Waals surface area contributed by atoms with Gasteiger partial charge in [0, 0.05) is 47.6 Å². The van der Waals surface area contributed by atoms with Crippen molar-refractivity contribution in [1.82, 2.24) is 14.9 Å². The number of anilines is 1. The normalized spacial score (nSPS) is 21.4. The fraction of sp³-hybridized carbons (Fsp3) is 0.391. The largest absolute Gasteiger partial charge is 0.388 e. The minimum absolute atomic E-state index is 0.0755. The van der Waals surface area contributed by atoms with Gasteiger partial charge in [0.1, 0.15) is 0 Å². The van der Waals surface area contributed by atoms with Crippen LogP contribution in [0.1, 0.15) is 38.2 Å². The standard InChI is InChI=1S/C23H28N4O2S/c1-4-15(23(29)27-11-5-6-12-27)16-8-9-17(21(16)24-2)20-18-13-14(30-25-3)7-10-19(18)26-22(20)28/h4,7,10,13,24-25H,5-6,8-9,11-12H2,1-3H3,(H,26,28)/b15-4-,20-17-. The molecule has 2 amide bonds. The minimum Gasteiger partial charge on any atom is -0.388 e. The van der Waals surface area contributed by atoms with Crippen molar-refractivity contribution >= 4 is 35.0 Å². The van der Waals surface area contributed by atoms with E-state index in [-0.39, 0.29) is 11.8 Å². The van der Waals surface area contributed by atoms with E-state index in [1.807, 2.05) is 50.2 Å². The Balaban J connectivity index is 1.78. The third kappa shape index (κ3) is 3.56. The molecule has 0 bridgehead atoms. The highest BCUT2D eigenvalue weighted by Crippen LogP contribution is 2.43. The molecule has 158 valence electrons. The number of fused-ring (bicyclic) bond motifs is 1. The number of hydrogen-bond acceptors (Lipinski definition) is 5. The van der Waals surface area contributed by atoms with Gasteiger partial charge < -0.3 is 15.5 Å². The van der Waals surface area contributed by atoms with E-state index in [9.17, 15) is 9.59 Å². The van der Waals surface area contributed by atoms with Gasteiger partial charge in [0.25, 0.3) is 11.8 Å². The quantitative estimate of drug-likeness (QED) is 0.499. The van der Waals surface area contributed by atoms with Gasteiger partial charge in [0.15, 0.2) is 0 Å². The number of rotatable bonds is 5. The molecule has 6 nitrogen and oxygen atoms in total. The maximum Gasteiger partial charge on any atom is 0.256 e. The number of amides is 2. The Kier molecular flexibility index (Phi) is 6.01. The van der Waals surface area contributed by atoms with E-state index >= 15 is 0 Å². The van der Waals surface area contributed by atoms with Gasteiger partial charge in [0.2, 0.25) is 0 Å². The van der Waals surface area contributed by atoms with Crippen molar-refractivity contribution in [2.75, 3.05) is 32.5 Å². The summed E-state index contributed by atoms with van der Waals surface area (Å²) in [6, 6.07) is 6.00. The predicted molar refractivity (Wildman–Crippen MR) is 122 cm³/mol. The van der Waals surface area contributed by atoms with Crippen LogP contribution in [0, 0.1) is 0 Å². The Morgan fingerprint density at radius 3 is 2.63 bits per heavy atom. The van der Waals surface area contributed by atoms with Gasteiger partial charge in [-0.2, -0.15) is 0 Å². The van der Waals surface area contributed by atoms with Gasteiger partial charge in [-0.1, -0.05) is 6.08 Å². The molecule has 3 aliphatic rings. The lowest BCUT2D eigenvalue weighted by atomic mass is 9.98. The van der Waals surface area contributed by atoms with Crippen LogP contribution in [0.25, 0.3) is 5.57 Å². The number of carbonyl (C=O) groups excluding carboxylic acids is 2. The van der Waals surface area contributed by atoms with Crippen LogP contribution in [-0.2, 0) is 9.59 Å². The van der Waals surface area contributed by atoms with Gasteiger partial charge in [0.05, 0.1) is 5.57 Å². The van der Waals surface area contributed by atoms with E-state index in [0.717, 1.165) is 77.3 Å². The van der Waals surface area contributed by atoms with Crippen LogP contribution in [0.15, 0.2) is 51.6 Å². The van der Waals surface area contributed by atoms with Crippen LogP contribution in [0.3, 0.4) is 0 Å². The highest BCUT2D eigenvalue weighted by Gasteiger charge is 2.34. The Hall–Kier alpha value is -2.51. The van der Waals surface area contributed by atoms with E-state index in [0.29, 0.717) is 5.57 Å². The number of likely N-dealkylation sites (N-methyl/N-ethyl adjacent to an activating group) is 1. The molecule has 0 aromatic heterocycles. The molecule has 0 unspecified atom stereocenters. The zero-order chi connectivity index (χ0) is 21.3. The average molecular weight is 425 g/mol. The molecular formula is C23H28N4O2S. The summed E-state index contributed by atoms with van der Waals surface area (Å²) in [5.41, 5.74) is 6.16. The highest BCUT2D eigenvalue weighted by molar-refractivity contribution is 7.97. The first-order valence-electron chi connectivity index (χ1n) is 10.5. The second-order valence-corrected chi connectivity index (χ2v) is 8.71. The molecule has 1 aromatic rings. The highest BCUT2D eigenvalue weighted by atomic mass is 32.2. The summed E-state index contributed by atoms with van der Waals surface area (Å²) in [6.45, 7) is 3.58. The predicted octanol–water partition coefficient (Wildman–Crippen LogP) is 3.45. The number of hydrogen-bond donors (Lipinski definition) is 3. The van der Waals surface area contributed by atoms with Gasteiger partial charge in [-0.25, -0.2) is 0 Å². The molecule has 1 saturated heterocycles. The van der Waals surface area contributed by atoms with Crippen molar-refractivity contribution in [1.29, 1.82) is 0 Å². The number of benzene rings is 1. The first kappa shape index (κ1) is 20.8. The SMILES string of the molecule is C/C=C(\C(=O)N1CCCC1)C1=C(NC)/C(=C2\C(=O)Nc3ccc(SNC)cc32)CC1. The first-order chi connectivity index (χ1) is 14.6. The summed E-state index contributed by atoms with van der Waals surface area (Å²) >= 11 is 1.52. The van der Waals surface area contributed by atoms with Crippen molar-refractivity contribution in [2.45, 2.75) is 37.5 Å². The molecule has 1 aromatic carbocycles. The summed E-state index contributed by atoms with van der Waals surface area (Å²) in [5.74, 6) is 0.0292. The summed E-state index contributed by atoms with van der Waals surface area (Å²) < 4.78 is 3.08. The lowest BCUT2D eigenvalue weighted by Gasteiger charge is -2.19. The molecule has 4 rings (SSSR count). The summed E-state index contributed by atoms with van der Waals surface area (Å²) in [4.78, 5) is 29.0. The van der Waals surface area contributed by atoms with Crippen LogP contribution in [0.2, 0.25) is 0 Å². The molecule has 7 heteroatoms. The van der Waals surface area contributed by atoms with E-state index in [1.165, 1.54) is 11.9 Å². The summed E-state index contributed by atoms with van der Waals surface area (Å²) in [6.07, 6.45) is 5.55. The zero-order valence-corrected chi connectivity index (χ0v) is 18.5. The van der Waals surface area contributed by atoms with Gasteiger partial charge >= 0.3 is 0 Å². The van der Waals surface area contributed by atoms with Crippen molar-refractivity contribution in [2.24, 2.45) is 0 Å². The Bertz CT molecular complexity index is 987. The van der Waals surface area contributed by atoms with Crippen LogP contribution < -0.4 is 15.4 Å². The second kappa shape index (κ2) is 8.70.